The molecule has 1 aliphatic carbocycles. The highest BCUT2D eigenvalue weighted by molar-refractivity contribution is 5.95. The third kappa shape index (κ3) is 3.36. The second-order valence-electron chi connectivity index (χ2n) is 7.47. The number of aromatic nitrogens is 2. The van der Waals surface area contributed by atoms with Crippen LogP contribution in [0.2, 0.25) is 0 Å². The summed E-state index contributed by atoms with van der Waals surface area (Å²) in [6.07, 6.45) is 2.58. The fraction of sp³-hybridized carbons (Fsp3) is 0.450. The van der Waals surface area contributed by atoms with E-state index in [1.807, 2.05) is 48.9 Å². The number of carbonyl (C=O) groups excluding carboxylic acids is 1. The lowest BCUT2D eigenvalue weighted by Gasteiger charge is -2.33. The van der Waals surface area contributed by atoms with Crippen LogP contribution in [0.15, 0.2) is 30.3 Å². The first kappa shape index (κ1) is 18.2. The van der Waals surface area contributed by atoms with Crippen molar-refractivity contribution in [2.24, 2.45) is 5.92 Å². The van der Waals surface area contributed by atoms with Gasteiger partial charge in [-0.1, -0.05) is 32.0 Å². The van der Waals surface area contributed by atoms with Gasteiger partial charge in [-0.3, -0.25) is 9.59 Å². The molecule has 1 heterocycles. The van der Waals surface area contributed by atoms with E-state index in [1.54, 1.807) is 6.92 Å². The van der Waals surface area contributed by atoms with Crippen molar-refractivity contribution in [2.45, 2.75) is 52.0 Å². The molecule has 0 aliphatic heterocycles. The summed E-state index contributed by atoms with van der Waals surface area (Å²) in [5.41, 5.74) is 2.57. The minimum Gasteiger partial charge on any atom is -0.481 e. The number of benzene rings is 1. The molecule has 26 heavy (non-hydrogen) atoms. The number of carbonyl (C=O) groups is 2. The van der Waals surface area contributed by atoms with Gasteiger partial charge < -0.3 is 10.4 Å². The number of fused-ring (bicyclic) bond motifs is 1. The van der Waals surface area contributed by atoms with Gasteiger partial charge in [0.15, 0.2) is 5.69 Å². The summed E-state index contributed by atoms with van der Waals surface area (Å²) in [4.78, 5) is 24.2. The van der Waals surface area contributed by atoms with Crippen molar-refractivity contribution in [1.29, 1.82) is 0 Å². The van der Waals surface area contributed by atoms with Crippen LogP contribution in [0.3, 0.4) is 0 Å². The first-order valence-corrected chi connectivity index (χ1v) is 9.02. The minimum atomic E-state index is -0.929. The zero-order valence-corrected chi connectivity index (χ0v) is 15.5. The van der Waals surface area contributed by atoms with Gasteiger partial charge in [-0.05, 0) is 44.2 Å². The van der Waals surface area contributed by atoms with Crippen LogP contribution in [0, 0.1) is 5.92 Å². The lowest BCUT2D eigenvalue weighted by Crippen LogP contribution is -2.51. The van der Waals surface area contributed by atoms with E-state index in [2.05, 4.69) is 10.4 Å². The molecule has 3 rings (SSSR count). The number of nitrogens with zero attached hydrogens (tertiary/aromatic N) is 2. The van der Waals surface area contributed by atoms with Gasteiger partial charge in [-0.2, -0.15) is 5.10 Å². The average Bonchev–Trinajstić information content (AvgIpc) is 3.16. The van der Waals surface area contributed by atoms with Crippen LogP contribution in [0.5, 0.6) is 0 Å². The van der Waals surface area contributed by atoms with Gasteiger partial charge in [0, 0.05) is 11.3 Å². The molecule has 0 saturated carbocycles. The molecule has 1 aliphatic rings. The van der Waals surface area contributed by atoms with E-state index in [0.717, 1.165) is 36.2 Å². The van der Waals surface area contributed by atoms with Crippen molar-refractivity contribution in [3.63, 3.8) is 0 Å². The number of hydrogen-bond acceptors (Lipinski definition) is 3. The summed E-state index contributed by atoms with van der Waals surface area (Å²) in [5.74, 6) is -1.25. The van der Waals surface area contributed by atoms with Crippen LogP contribution < -0.4 is 5.32 Å². The number of para-hydroxylation sites is 1. The van der Waals surface area contributed by atoms with E-state index >= 15 is 0 Å². The predicted octanol–water partition coefficient (Wildman–Crippen LogP) is 2.98. The first-order chi connectivity index (χ1) is 12.3. The molecule has 0 fully saturated rings. The van der Waals surface area contributed by atoms with Crippen LogP contribution in [0.1, 0.15) is 55.4 Å². The molecular weight excluding hydrogens is 330 g/mol. The Balaban J connectivity index is 1.94. The van der Waals surface area contributed by atoms with Crippen molar-refractivity contribution in [3.05, 3.63) is 47.3 Å². The fourth-order valence-corrected chi connectivity index (χ4v) is 3.43. The van der Waals surface area contributed by atoms with Gasteiger partial charge in [0.1, 0.15) is 0 Å². The lowest BCUT2D eigenvalue weighted by molar-refractivity contribution is -0.138. The highest BCUT2D eigenvalue weighted by Crippen LogP contribution is 2.29. The molecular formula is C20H25N3O3. The second-order valence-corrected chi connectivity index (χ2v) is 7.47. The van der Waals surface area contributed by atoms with E-state index < -0.39 is 11.5 Å². The number of carboxylic acid groups (broad SMARTS) is 1. The Kier molecular flexibility index (Phi) is 4.85. The monoisotopic (exact) mass is 355 g/mol. The topological polar surface area (TPSA) is 84.2 Å². The molecule has 2 N–H and O–H groups in total. The standard InChI is InChI=1S/C20H25N3O3/c1-13(2)20(3,12-17(24)25)21-19(26)18-15-10-7-11-16(15)23(22-18)14-8-5-4-6-9-14/h4-6,8-9,13H,7,10-12H2,1-3H3,(H,21,26)(H,24,25). The molecule has 0 saturated heterocycles. The molecule has 2 aromatic rings. The van der Waals surface area contributed by atoms with E-state index in [9.17, 15) is 14.7 Å². The van der Waals surface area contributed by atoms with Gasteiger partial charge in [0.2, 0.25) is 0 Å². The maximum absolute atomic E-state index is 13.0. The van der Waals surface area contributed by atoms with Crippen LogP contribution in [0.25, 0.3) is 5.69 Å². The van der Waals surface area contributed by atoms with Crippen molar-refractivity contribution in [2.75, 3.05) is 0 Å². The highest BCUT2D eigenvalue weighted by Gasteiger charge is 2.35. The normalized spacial score (nSPS) is 15.5. The first-order valence-electron chi connectivity index (χ1n) is 9.02. The molecule has 138 valence electrons. The molecule has 1 aromatic heterocycles. The summed E-state index contributed by atoms with van der Waals surface area (Å²) in [5, 5.41) is 16.7. The maximum Gasteiger partial charge on any atom is 0.305 e. The van der Waals surface area contributed by atoms with Gasteiger partial charge in [-0.15, -0.1) is 0 Å². The number of rotatable bonds is 6. The number of aliphatic carboxylic acids is 1. The third-order valence-electron chi connectivity index (χ3n) is 5.34. The molecule has 6 heteroatoms. The minimum absolute atomic E-state index is 0.0215. The van der Waals surface area contributed by atoms with Crippen molar-refractivity contribution in [1.82, 2.24) is 15.1 Å². The molecule has 1 aromatic carbocycles. The van der Waals surface area contributed by atoms with Gasteiger partial charge in [0.05, 0.1) is 17.6 Å². The molecule has 1 atom stereocenters. The van der Waals surface area contributed by atoms with Crippen molar-refractivity contribution in [3.8, 4) is 5.69 Å². The third-order valence-corrected chi connectivity index (χ3v) is 5.34. The summed E-state index contributed by atoms with van der Waals surface area (Å²) < 4.78 is 1.85. The second kappa shape index (κ2) is 6.94. The predicted molar refractivity (Wildman–Crippen MR) is 98.6 cm³/mol. The lowest BCUT2D eigenvalue weighted by atomic mass is 9.85. The Hall–Kier alpha value is -2.63. The van der Waals surface area contributed by atoms with E-state index in [-0.39, 0.29) is 18.2 Å². The van der Waals surface area contributed by atoms with Crippen LogP contribution >= 0.6 is 0 Å². The molecule has 0 radical (unpaired) electrons. The molecule has 1 unspecified atom stereocenters. The van der Waals surface area contributed by atoms with Crippen molar-refractivity contribution < 1.29 is 14.7 Å². The van der Waals surface area contributed by atoms with Crippen molar-refractivity contribution >= 4 is 11.9 Å². The van der Waals surface area contributed by atoms with Gasteiger partial charge >= 0.3 is 5.97 Å². The Labute approximate surface area is 153 Å². The molecule has 6 nitrogen and oxygen atoms in total. The van der Waals surface area contributed by atoms with Crippen LogP contribution in [0.4, 0.5) is 0 Å². The zero-order chi connectivity index (χ0) is 18.9. The summed E-state index contributed by atoms with van der Waals surface area (Å²) in [6.45, 7) is 5.60. The Morgan fingerprint density at radius 2 is 1.96 bits per heavy atom. The van der Waals surface area contributed by atoms with Gasteiger partial charge in [-0.25, -0.2) is 4.68 Å². The Morgan fingerprint density at radius 1 is 1.27 bits per heavy atom. The van der Waals surface area contributed by atoms with Gasteiger partial charge in [0.25, 0.3) is 5.91 Å². The number of hydrogen-bond donors (Lipinski definition) is 2. The zero-order valence-electron chi connectivity index (χ0n) is 15.5. The van der Waals surface area contributed by atoms with E-state index in [1.165, 1.54) is 0 Å². The Morgan fingerprint density at radius 3 is 2.58 bits per heavy atom. The summed E-state index contributed by atoms with van der Waals surface area (Å²) >= 11 is 0. The van der Waals surface area contributed by atoms with E-state index in [4.69, 9.17) is 0 Å². The van der Waals surface area contributed by atoms with Crippen LogP contribution in [-0.4, -0.2) is 32.3 Å². The van der Waals surface area contributed by atoms with E-state index in [0.29, 0.717) is 5.69 Å². The smallest absolute Gasteiger partial charge is 0.305 e. The average molecular weight is 355 g/mol. The highest BCUT2D eigenvalue weighted by atomic mass is 16.4. The number of carboxylic acids is 1. The summed E-state index contributed by atoms with van der Waals surface area (Å²) in [6, 6.07) is 9.77. The summed E-state index contributed by atoms with van der Waals surface area (Å²) in [7, 11) is 0. The largest absolute Gasteiger partial charge is 0.481 e. The Bertz CT molecular complexity index is 826. The quantitative estimate of drug-likeness (QED) is 0.834. The number of amides is 1. The van der Waals surface area contributed by atoms with Crippen LogP contribution in [-0.2, 0) is 17.6 Å². The molecule has 1 amide bonds. The molecule has 0 bridgehead atoms. The molecule has 0 spiro atoms. The number of nitrogens with one attached hydrogen (secondary N) is 1. The maximum atomic E-state index is 13.0. The fourth-order valence-electron chi connectivity index (χ4n) is 3.43. The SMILES string of the molecule is CC(C)C(C)(CC(=O)O)NC(=O)c1nn(-c2ccccc2)c2c1CCC2.